The molecule has 0 saturated carbocycles. The molecule has 0 unspecified atom stereocenters. The van der Waals surface area contributed by atoms with Gasteiger partial charge < -0.3 is 10.1 Å². The maximum atomic E-state index is 12.0. The van der Waals surface area contributed by atoms with Crippen molar-refractivity contribution in [2.24, 2.45) is 0 Å². The summed E-state index contributed by atoms with van der Waals surface area (Å²) in [5.74, 6) is 0.815. The number of carbonyl (C=O) groups excluding carboxylic acids is 1. The van der Waals surface area contributed by atoms with E-state index < -0.39 is 9.84 Å². The summed E-state index contributed by atoms with van der Waals surface area (Å²) in [5.41, 5.74) is 0.975. The van der Waals surface area contributed by atoms with E-state index in [-0.39, 0.29) is 30.0 Å². The Balaban J connectivity index is 2.42. The minimum Gasteiger partial charge on any atom is -0.497 e. The van der Waals surface area contributed by atoms with Gasteiger partial charge in [-0.15, -0.1) is 0 Å². The fraction of sp³-hybridized carbons (Fsp3) is 0.562. The molecule has 0 aliphatic heterocycles. The van der Waals surface area contributed by atoms with Crippen molar-refractivity contribution in [3.8, 4) is 5.75 Å². The molecule has 0 fully saturated rings. The van der Waals surface area contributed by atoms with Crippen LogP contribution in [0, 0.1) is 0 Å². The summed E-state index contributed by atoms with van der Waals surface area (Å²) >= 11 is 0. The van der Waals surface area contributed by atoms with Crippen molar-refractivity contribution in [2.75, 3.05) is 32.2 Å². The third-order valence-corrected chi connectivity index (χ3v) is 5.60. The molecule has 1 N–H and O–H groups in total. The number of sulfone groups is 1. The fourth-order valence-corrected chi connectivity index (χ4v) is 3.22. The highest BCUT2D eigenvalue weighted by Gasteiger charge is 2.19. The lowest BCUT2D eigenvalue weighted by Gasteiger charge is -2.23. The number of hydrogen-bond acceptors (Lipinski definition) is 5. The molecular weight excluding hydrogens is 316 g/mol. The summed E-state index contributed by atoms with van der Waals surface area (Å²) in [5, 5.41) is 2.83. The largest absolute Gasteiger partial charge is 0.497 e. The molecular formula is C16H26N2O4S. The van der Waals surface area contributed by atoms with Crippen molar-refractivity contribution >= 4 is 15.7 Å². The van der Waals surface area contributed by atoms with Crippen LogP contribution >= 0.6 is 0 Å². The first kappa shape index (κ1) is 19.4. The highest BCUT2D eigenvalue weighted by molar-refractivity contribution is 7.91. The van der Waals surface area contributed by atoms with Gasteiger partial charge in [0.2, 0.25) is 5.91 Å². The monoisotopic (exact) mass is 342 g/mol. The van der Waals surface area contributed by atoms with Crippen LogP contribution in [0.4, 0.5) is 0 Å². The summed E-state index contributed by atoms with van der Waals surface area (Å²) in [6.45, 7) is 4.03. The van der Waals surface area contributed by atoms with Crippen LogP contribution in [0.1, 0.15) is 19.4 Å². The number of ether oxygens (including phenoxy) is 1. The Kier molecular flexibility index (Phi) is 7.51. The number of nitrogens with zero attached hydrogens (tertiary/aromatic N) is 1. The number of nitrogens with one attached hydrogen (secondary N) is 1. The smallest absolute Gasteiger partial charge is 0.234 e. The van der Waals surface area contributed by atoms with Crippen molar-refractivity contribution in [3.63, 3.8) is 0 Å². The normalized spacial score (nSPS) is 12.9. The van der Waals surface area contributed by atoms with E-state index >= 15 is 0 Å². The van der Waals surface area contributed by atoms with E-state index in [0.29, 0.717) is 6.54 Å². The molecule has 7 heteroatoms. The first-order chi connectivity index (χ1) is 10.8. The zero-order chi connectivity index (χ0) is 17.5. The van der Waals surface area contributed by atoms with Crippen molar-refractivity contribution in [1.82, 2.24) is 10.2 Å². The van der Waals surface area contributed by atoms with Gasteiger partial charge in [0, 0.05) is 18.3 Å². The maximum absolute atomic E-state index is 12.0. The second kappa shape index (κ2) is 8.88. The van der Waals surface area contributed by atoms with E-state index in [1.54, 1.807) is 26.0 Å². The Labute approximate surface area is 138 Å². The first-order valence-corrected chi connectivity index (χ1v) is 9.39. The molecule has 1 aromatic carbocycles. The molecule has 0 bridgehead atoms. The molecule has 23 heavy (non-hydrogen) atoms. The molecule has 0 spiro atoms. The minimum atomic E-state index is -3.05. The topological polar surface area (TPSA) is 75.7 Å². The first-order valence-electron chi connectivity index (χ1n) is 7.57. The Morgan fingerprint density at radius 2 is 1.91 bits per heavy atom. The predicted octanol–water partition coefficient (Wildman–Crippen LogP) is 1.07. The van der Waals surface area contributed by atoms with Crippen molar-refractivity contribution in [1.29, 1.82) is 0 Å². The lowest BCUT2D eigenvalue weighted by atomic mass is 10.2. The van der Waals surface area contributed by atoms with Crippen molar-refractivity contribution in [3.05, 3.63) is 29.8 Å². The van der Waals surface area contributed by atoms with Gasteiger partial charge in [0.05, 0.1) is 19.4 Å². The van der Waals surface area contributed by atoms with Crippen LogP contribution in [0.15, 0.2) is 24.3 Å². The summed E-state index contributed by atoms with van der Waals surface area (Å²) in [6, 6.07) is 7.25. The molecule has 0 heterocycles. The number of benzene rings is 1. The molecule has 0 aliphatic rings. The number of methoxy groups -OCH3 is 1. The zero-order valence-corrected chi connectivity index (χ0v) is 15.0. The average molecular weight is 342 g/mol. The quantitative estimate of drug-likeness (QED) is 0.726. The zero-order valence-electron chi connectivity index (χ0n) is 14.2. The summed E-state index contributed by atoms with van der Waals surface area (Å²) in [7, 11) is 0.310. The van der Waals surface area contributed by atoms with Gasteiger partial charge in [-0.25, -0.2) is 8.42 Å². The maximum Gasteiger partial charge on any atom is 0.234 e. The van der Waals surface area contributed by atoms with Gasteiger partial charge in [0.1, 0.15) is 5.75 Å². The van der Waals surface area contributed by atoms with Crippen LogP contribution in [-0.4, -0.2) is 57.5 Å². The Morgan fingerprint density at radius 1 is 1.30 bits per heavy atom. The molecule has 0 aromatic heterocycles. The van der Waals surface area contributed by atoms with E-state index in [1.807, 2.05) is 31.2 Å². The van der Waals surface area contributed by atoms with Gasteiger partial charge in [-0.2, -0.15) is 0 Å². The van der Waals surface area contributed by atoms with Crippen molar-refractivity contribution < 1.29 is 17.9 Å². The Hall–Kier alpha value is -1.60. The van der Waals surface area contributed by atoms with E-state index in [9.17, 15) is 13.2 Å². The fourth-order valence-electron chi connectivity index (χ4n) is 1.99. The van der Waals surface area contributed by atoms with E-state index in [0.717, 1.165) is 11.3 Å². The molecule has 1 aromatic rings. The second-order valence-corrected chi connectivity index (χ2v) is 7.99. The van der Waals surface area contributed by atoms with Gasteiger partial charge in [0.15, 0.2) is 9.84 Å². The standard InChI is InChI=1S/C16H26N2O4S/c1-5-23(20,21)12-13(2)18(3)11-16(19)17-10-14-6-8-15(22-4)9-7-14/h6-9,13H,5,10-12H2,1-4H3,(H,17,19)/t13-/m0/s1. The molecule has 1 rings (SSSR count). The SMILES string of the molecule is CCS(=O)(=O)C[C@H](C)N(C)CC(=O)NCc1ccc(OC)cc1. The second-order valence-electron chi connectivity index (χ2n) is 5.59. The van der Waals surface area contributed by atoms with E-state index in [1.165, 1.54) is 0 Å². The molecule has 0 radical (unpaired) electrons. The molecule has 0 saturated heterocycles. The number of hydrogen-bond donors (Lipinski definition) is 1. The molecule has 6 nitrogen and oxygen atoms in total. The van der Waals surface area contributed by atoms with Gasteiger partial charge in [-0.3, -0.25) is 9.69 Å². The summed E-state index contributed by atoms with van der Waals surface area (Å²) in [4.78, 5) is 13.7. The van der Waals surface area contributed by atoms with Crippen molar-refractivity contribution in [2.45, 2.75) is 26.4 Å². The van der Waals surface area contributed by atoms with Gasteiger partial charge in [0.25, 0.3) is 0 Å². The number of likely N-dealkylation sites (N-methyl/N-ethyl adjacent to an activating group) is 1. The molecule has 130 valence electrons. The number of amides is 1. The summed E-state index contributed by atoms with van der Waals surface area (Å²) < 4.78 is 28.3. The van der Waals surface area contributed by atoms with Crippen LogP contribution in [0.2, 0.25) is 0 Å². The number of rotatable bonds is 9. The molecule has 1 atom stereocenters. The molecule has 1 amide bonds. The third kappa shape index (κ3) is 7.00. The van der Waals surface area contributed by atoms with E-state index in [4.69, 9.17) is 4.74 Å². The number of carbonyl (C=O) groups is 1. The van der Waals surface area contributed by atoms with Gasteiger partial charge in [-0.1, -0.05) is 19.1 Å². The van der Waals surface area contributed by atoms with Gasteiger partial charge in [-0.05, 0) is 31.7 Å². The van der Waals surface area contributed by atoms with Gasteiger partial charge >= 0.3 is 0 Å². The predicted molar refractivity (Wildman–Crippen MR) is 91.3 cm³/mol. The lowest BCUT2D eigenvalue weighted by Crippen LogP contribution is -2.42. The lowest BCUT2D eigenvalue weighted by molar-refractivity contribution is -0.122. The van der Waals surface area contributed by atoms with Crippen LogP contribution in [0.3, 0.4) is 0 Å². The Morgan fingerprint density at radius 3 is 2.43 bits per heavy atom. The summed E-state index contributed by atoms with van der Waals surface area (Å²) in [6.07, 6.45) is 0. The van der Waals surface area contributed by atoms with E-state index in [2.05, 4.69) is 5.32 Å². The highest BCUT2D eigenvalue weighted by Crippen LogP contribution is 2.10. The highest BCUT2D eigenvalue weighted by atomic mass is 32.2. The van der Waals surface area contributed by atoms with Crippen LogP contribution in [-0.2, 0) is 21.2 Å². The minimum absolute atomic E-state index is 0.0613. The Bertz CT molecular complexity index is 599. The molecule has 0 aliphatic carbocycles. The van der Waals surface area contributed by atoms with Crippen LogP contribution < -0.4 is 10.1 Å². The average Bonchev–Trinajstić information content (AvgIpc) is 2.53. The van der Waals surface area contributed by atoms with Crippen LogP contribution in [0.5, 0.6) is 5.75 Å². The third-order valence-electron chi connectivity index (χ3n) is 3.73. The van der Waals surface area contributed by atoms with Crippen LogP contribution in [0.25, 0.3) is 0 Å².